The van der Waals surface area contributed by atoms with Crippen LogP contribution in [0.4, 0.5) is 10.2 Å². The van der Waals surface area contributed by atoms with Crippen LogP contribution in [0.25, 0.3) is 0 Å². The van der Waals surface area contributed by atoms with Gasteiger partial charge in [-0.3, -0.25) is 0 Å². The standard InChI is InChI=1S/C13H23FN4/c1-4-11-12(14)13(17-10-16-11)15-8-7-9-18(5-2)6-3/h10H,4-9H2,1-3H3,(H,15,16,17). The minimum Gasteiger partial charge on any atom is -0.367 e. The summed E-state index contributed by atoms with van der Waals surface area (Å²) in [6, 6.07) is 0. The number of anilines is 1. The second-order valence-corrected chi connectivity index (χ2v) is 4.14. The lowest BCUT2D eigenvalue weighted by Gasteiger charge is -2.17. The van der Waals surface area contributed by atoms with Crippen LogP contribution in [-0.4, -0.2) is 41.0 Å². The molecule has 1 heterocycles. The van der Waals surface area contributed by atoms with E-state index in [2.05, 4.69) is 34.0 Å². The molecule has 0 aromatic carbocycles. The van der Waals surface area contributed by atoms with Gasteiger partial charge >= 0.3 is 0 Å². The van der Waals surface area contributed by atoms with E-state index in [4.69, 9.17) is 0 Å². The van der Waals surface area contributed by atoms with Crippen molar-refractivity contribution in [3.8, 4) is 0 Å². The van der Waals surface area contributed by atoms with Crippen LogP contribution in [0.5, 0.6) is 0 Å². The molecule has 0 aliphatic carbocycles. The zero-order valence-electron chi connectivity index (χ0n) is 11.5. The Kier molecular flexibility index (Phi) is 6.57. The zero-order valence-corrected chi connectivity index (χ0v) is 11.5. The van der Waals surface area contributed by atoms with Gasteiger partial charge in [-0.1, -0.05) is 20.8 Å². The van der Waals surface area contributed by atoms with E-state index >= 15 is 0 Å². The molecule has 1 aromatic heterocycles. The molecule has 4 nitrogen and oxygen atoms in total. The van der Waals surface area contributed by atoms with E-state index < -0.39 is 0 Å². The summed E-state index contributed by atoms with van der Waals surface area (Å²) >= 11 is 0. The molecule has 5 heteroatoms. The van der Waals surface area contributed by atoms with E-state index in [1.165, 1.54) is 6.33 Å². The van der Waals surface area contributed by atoms with Crippen LogP contribution in [-0.2, 0) is 6.42 Å². The van der Waals surface area contributed by atoms with Crippen molar-refractivity contribution in [1.82, 2.24) is 14.9 Å². The third-order valence-corrected chi connectivity index (χ3v) is 3.03. The van der Waals surface area contributed by atoms with Gasteiger partial charge in [0.2, 0.25) is 0 Å². The Balaban J connectivity index is 2.40. The normalized spacial score (nSPS) is 10.9. The van der Waals surface area contributed by atoms with Gasteiger partial charge in [-0.05, 0) is 32.5 Å². The number of hydrogen-bond acceptors (Lipinski definition) is 4. The van der Waals surface area contributed by atoms with Crippen LogP contribution < -0.4 is 5.32 Å². The van der Waals surface area contributed by atoms with Crippen molar-refractivity contribution in [3.05, 3.63) is 17.8 Å². The molecule has 0 fully saturated rings. The first-order valence-corrected chi connectivity index (χ1v) is 6.68. The largest absolute Gasteiger partial charge is 0.367 e. The third-order valence-electron chi connectivity index (χ3n) is 3.03. The number of rotatable bonds is 8. The van der Waals surface area contributed by atoms with Gasteiger partial charge in [-0.15, -0.1) is 0 Å². The molecule has 0 spiro atoms. The van der Waals surface area contributed by atoms with E-state index in [0.717, 1.165) is 32.6 Å². The molecule has 0 saturated heterocycles. The Labute approximate surface area is 109 Å². The molecular formula is C13H23FN4. The predicted molar refractivity (Wildman–Crippen MR) is 72.3 cm³/mol. The first kappa shape index (κ1) is 14.8. The summed E-state index contributed by atoms with van der Waals surface area (Å²) in [6.45, 7) is 10.0. The van der Waals surface area contributed by atoms with Gasteiger partial charge in [0.1, 0.15) is 6.33 Å². The molecule has 0 aliphatic rings. The lowest BCUT2D eigenvalue weighted by molar-refractivity contribution is 0.303. The van der Waals surface area contributed by atoms with Gasteiger partial charge in [0.05, 0.1) is 5.69 Å². The molecule has 1 rings (SSSR count). The lowest BCUT2D eigenvalue weighted by Crippen LogP contribution is -2.25. The maximum atomic E-state index is 13.8. The van der Waals surface area contributed by atoms with Crippen LogP contribution in [0.2, 0.25) is 0 Å². The molecule has 1 aromatic rings. The highest BCUT2D eigenvalue weighted by atomic mass is 19.1. The molecule has 1 N–H and O–H groups in total. The van der Waals surface area contributed by atoms with E-state index in [1.54, 1.807) is 0 Å². The van der Waals surface area contributed by atoms with Gasteiger partial charge in [0.25, 0.3) is 0 Å². The summed E-state index contributed by atoms with van der Waals surface area (Å²) in [4.78, 5) is 10.2. The smallest absolute Gasteiger partial charge is 0.186 e. The number of halogens is 1. The summed E-state index contributed by atoms with van der Waals surface area (Å²) in [6.07, 6.45) is 2.98. The molecule has 0 amide bonds. The Morgan fingerprint density at radius 1 is 1.22 bits per heavy atom. The fourth-order valence-corrected chi connectivity index (χ4v) is 1.83. The van der Waals surface area contributed by atoms with Crippen LogP contribution in [0, 0.1) is 5.82 Å². The summed E-state index contributed by atoms with van der Waals surface area (Å²) < 4.78 is 13.8. The number of nitrogens with one attached hydrogen (secondary N) is 1. The lowest BCUT2D eigenvalue weighted by atomic mass is 10.3. The highest BCUT2D eigenvalue weighted by molar-refractivity contribution is 5.37. The van der Waals surface area contributed by atoms with Crippen molar-refractivity contribution in [2.75, 3.05) is 31.5 Å². The molecule has 0 radical (unpaired) electrons. The van der Waals surface area contributed by atoms with Gasteiger partial charge in [0.15, 0.2) is 11.6 Å². The predicted octanol–water partition coefficient (Wildman–Crippen LogP) is 2.32. The minimum atomic E-state index is -0.317. The summed E-state index contributed by atoms with van der Waals surface area (Å²) in [7, 11) is 0. The first-order chi connectivity index (χ1) is 8.72. The Morgan fingerprint density at radius 2 is 1.94 bits per heavy atom. The average Bonchev–Trinajstić information content (AvgIpc) is 2.40. The molecule has 102 valence electrons. The Hall–Kier alpha value is -1.23. The Morgan fingerprint density at radius 3 is 2.56 bits per heavy atom. The number of aromatic nitrogens is 2. The van der Waals surface area contributed by atoms with Crippen molar-refractivity contribution in [2.45, 2.75) is 33.6 Å². The van der Waals surface area contributed by atoms with Crippen LogP contribution in [0.3, 0.4) is 0 Å². The zero-order chi connectivity index (χ0) is 13.4. The van der Waals surface area contributed by atoms with Crippen LogP contribution in [0.15, 0.2) is 6.33 Å². The van der Waals surface area contributed by atoms with Gasteiger partial charge in [0, 0.05) is 6.54 Å². The second kappa shape index (κ2) is 7.97. The average molecular weight is 254 g/mol. The minimum absolute atomic E-state index is 0.317. The van der Waals surface area contributed by atoms with E-state index in [0.29, 0.717) is 17.9 Å². The van der Waals surface area contributed by atoms with E-state index in [-0.39, 0.29) is 5.82 Å². The van der Waals surface area contributed by atoms with Gasteiger partial charge < -0.3 is 10.2 Å². The fraction of sp³-hybridized carbons (Fsp3) is 0.692. The van der Waals surface area contributed by atoms with Crippen molar-refractivity contribution >= 4 is 5.82 Å². The highest BCUT2D eigenvalue weighted by Crippen LogP contribution is 2.12. The third kappa shape index (κ3) is 4.22. The van der Waals surface area contributed by atoms with Crippen LogP contribution >= 0.6 is 0 Å². The molecule has 0 unspecified atom stereocenters. The summed E-state index contributed by atoms with van der Waals surface area (Å²) in [5.74, 6) is 0.00392. The van der Waals surface area contributed by atoms with E-state index in [1.807, 2.05) is 6.92 Å². The van der Waals surface area contributed by atoms with Crippen molar-refractivity contribution in [2.24, 2.45) is 0 Å². The molecule has 18 heavy (non-hydrogen) atoms. The van der Waals surface area contributed by atoms with E-state index in [9.17, 15) is 4.39 Å². The summed E-state index contributed by atoms with van der Waals surface area (Å²) in [5.41, 5.74) is 0.469. The van der Waals surface area contributed by atoms with Crippen LogP contribution in [0.1, 0.15) is 32.9 Å². The number of aryl methyl sites for hydroxylation is 1. The number of nitrogens with zero attached hydrogens (tertiary/aromatic N) is 3. The maximum Gasteiger partial charge on any atom is 0.186 e. The number of hydrogen-bond donors (Lipinski definition) is 1. The molecular weight excluding hydrogens is 231 g/mol. The first-order valence-electron chi connectivity index (χ1n) is 6.68. The molecule has 0 aliphatic heterocycles. The van der Waals surface area contributed by atoms with Crippen molar-refractivity contribution < 1.29 is 4.39 Å². The molecule has 0 atom stereocenters. The SMILES string of the molecule is CCc1ncnc(NCCCN(CC)CC)c1F. The Bertz CT molecular complexity index is 353. The molecule has 0 saturated carbocycles. The van der Waals surface area contributed by atoms with Crippen molar-refractivity contribution in [1.29, 1.82) is 0 Å². The van der Waals surface area contributed by atoms with Crippen molar-refractivity contribution in [3.63, 3.8) is 0 Å². The highest BCUT2D eigenvalue weighted by Gasteiger charge is 2.08. The topological polar surface area (TPSA) is 41.1 Å². The van der Waals surface area contributed by atoms with Gasteiger partial charge in [-0.25, -0.2) is 14.4 Å². The molecule has 0 bridgehead atoms. The van der Waals surface area contributed by atoms with Gasteiger partial charge in [-0.2, -0.15) is 0 Å². The fourth-order valence-electron chi connectivity index (χ4n) is 1.83. The second-order valence-electron chi connectivity index (χ2n) is 4.14. The monoisotopic (exact) mass is 254 g/mol. The summed E-state index contributed by atoms with van der Waals surface area (Å²) in [5, 5.41) is 3.04. The quantitative estimate of drug-likeness (QED) is 0.723. The maximum absolute atomic E-state index is 13.8.